The molecule has 0 radical (unpaired) electrons. The second kappa shape index (κ2) is 5.90. The average molecular weight is 268 g/mol. The third kappa shape index (κ3) is 2.91. The van der Waals surface area contributed by atoms with Gasteiger partial charge in [0.1, 0.15) is 5.54 Å². The quantitative estimate of drug-likeness (QED) is 0.715. The Bertz CT molecular complexity index is 351. The minimum Gasteiger partial charge on any atom is -0.480 e. The molecule has 2 saturated carbocycles. The van der Waals surface area contributed by atoms with Gasteiger partial charge in [-0.2, -0.15) is 0 Å². The molecule has 0 aliphatic heterocycles. The van der Waals surface area contributed by atoms with E-state index in [1.807, 2.05) is 0 Å². The van der Waals surface area contributed by atoms with Crippen molar-refractivity contribution in [3.8, 4) is 0 Å². The van der Waals surface area contributed by atoms with Crippen LogP contribution in [-0.2, 0) is 9.59 Å². The minimum atomic E-state index is -1.02. The van der Waals surface area contributed by atoms with Crippen LogP contribution in [0.15, 0.2) is 0 Å². The van der Waals surface area contributed by atoms with Gasteiger partial charge in [0.05, 0.1) is 0 Å². The Morgan fingerprint density at radius 1 is 1.16 bits per heavy atom. The summed E-state index contributed by atoms with van der Waals surface area (Å²) in [6.07, 6.45) is 6.82. The van der Waals surface area contributed by atoms with Crippen LogP contribution in [0.5, 0.6) is 0 Å². The van der Waals surface area contributed by atoms with Crippen molar-refractivity contribution in [1.82, 2.24) is 5.32 Å². The summed E-state index contributed by atoms with van der Waals surface area (Å²) in [6, 6.07) is 0. The van der Waals surface area contributed by atoms with E-state index in [0.29, 0.717) is 19.4 Å². The van der Waals surface area contributed by atoms with E-state index in [1.54, 1.807) is 0 Å². The van der Waals surface area contributed by atoms with Crippen molar-refractivity contribution in [3.05, 3.63) is 0 Å². The molecule has 19 heavy (non-hydrogen) atoms. The maximum absolute atomic E-state index is 12.4. The molecule has 108 valence electrons. The van der Waals surface area contributed by atoms with Crippen molar-refractivity contribution in [3.63, 3.8) is 0 Å². The fraction of sp³-hybridized carbons (Fsp3) is 0.857. The highest BCUT2D eigenvalue weighted by Crippen LogP contribution is 2.33. The largest absolute Gasteiger partial charge is 0.480 e. The van der Waals surface area contributed by atoms with Gasteiger partial charge < -0.3 is 16.2 Å². The number of hydrogen-bond acceptors (Lipinski definition) is 3. The molecule has 2 rings (SSSR count). The summed E-state index contributed by atoms with van der Waals surface area (Å²) in [4.78, 5) is 23.9. The van der Waals surface area contributed by atoms with Crippen LogP contribution in [0, 0.1) is 11.8 Å². The highest BCUT2D eigenvalue weighted by Gasteiger charge is 2.44. The van der Waals surface area contributed by atoms with Crippen LogP contribution in [-0.4, -0.2) is 29.1 Å². The van der Waals surface area contributed by atoms with Crippen LogP contribution in [0.1, 0.15) is 51.4 Å². The Morgan fingerprint density at radius 3 is 2.37 bits per heavy atom. The minimum absolute atomic E-state index is 0.0977. The van der Waals surface area contributed by atoms with Crippen molar-refractivity contribution in [1.29, 1.82) is 0 Å². The molecule has 0 aromatic heterocycles. The van der Waals surface area contributed by atoms with E-state index in [2.05, 4.69) is 5.32 Å². The van der Waals surface area contributed by atoms with Gasteiger partial charge in [0, 0.05) is 5.92 Å². The summed E-state index contributed by atoms with van der Waals surface area (Å²) in [7, 11) is 0. The zero-order valence-corrected chi connectivity index (χ0v) is 11.4. The zero-order chi connectivity index (χ0) is 13.9. The van der Waals surface area contributed by atoms with E-state index in [9.17, 15) is 14.7 Å². The normalized spacial score (nSPS) is 29.9. The molecule has 2 unspecified atom stereocenters. The van der Waals surface area contributed by atoms with Crippen LogP contribution < -0.4 is 11.1 Å². The third-order valence-corrected chi connectivity index (χ3v) is 4.78. The van der Waals surface area contributed by atoms with Crippen molar-refractivity contribution in [2.45, 2.75) is 56.9 Å². The van der Waals surface area contributed by atoms with Crippen LogP contribution in [0.4, 0.5) is 0 Å². The lowest BCUT2D eigenvalue weighted by Crippen LogP contribution is -2.55. The predicted molar refractivity (Wildman–Crippen MR) is 71.5 cm³/mol. The predicted octanol–water partition coefficient (Wildman–Crippen LogP) is 1.27. The van der Waals surface area contributed by atoms with Crippen LogP contribution >= 0.6 is 0 Å². The van der Waals surface area contributed by atoms with E-state index in [1.165, 1.54) is 0 Å². The summed E-state index contributed by atoms with van der Waals surface area (Å²) in [5, 5.41) is 12.2. The number of carbonyl (C=O) groups excluding carboxylic acids is 1. The maximum Gasteiger partial charge on any atom is 0.329 e. The topological polar surface area (TPSA) is 92.4 Å². The fourth-order valence-corrected chi connectivity index (χ4v) is 3.53. The Morgan fingerprint density at radius 2 is 1.79 bits per heavy atom. The molecule has 0 heterocycles. The van der Waals surface area contributed by atoms with Gasteiger partial charge in [0.2, 0.25) is 5.91 Å². The number of rotatable bonds is 4. The molecule has 2 aliphatic carbocycles. The number of amides is 1. The number of carboxylic acids is 1. The lowest BCUT2D eigenvalue weighted by molar-refractivity contribution is -0.148. The standard InChI is InChI=1S/C14H24N2O3/c15-9-10-5-1-2-6-11(10)12(17)16-14(13(18)19)7-3-4-8-14/h10-11H,1-9,15H2,(H,16,17)(H,18,19). The van der Waals surface area contributed by atoms with Gasteiger partial charge >= 0.3 is 5.97 Å². The van der Waals surface area contributed by atoms with E-state index in [0.717, 1.165) is 38.5 Å². The molecule has 0 bridgehead atoms. The molecule has 2 fully saturated rings. The molecule has 5 nitrogen and oxygen atoms in total. The lowest BCUT2D eigenvalue weighted by atomic mass is 9.78. The molecular weight excluding hydrogens is 244 g/mol. The number of carbonyl (C=O) groups is 2. The Balaban J connectivity index is 2.04. The van der Waals surface area contributed by atoms with E-state index < -0.39 is 11.5 Å². The molecule has 0 aromatic carbocycles. The van der Waals surface area contributed by atoms with Gasteiger partial charge in [-0.3, -0.25) is 4.79 Å². The van der Waals surface area contributed by atoms with Crippen LogP contribution in [0.3, 0.4) is 0 Å². The fourth-order valence-electron chi connectivity index (χ4n) is 3.53. The first-order valence-electron chi connectivity index (χ1n) is 7.34. The number of hydrogen-bond donors (Lipinski definition) is 3. The highest BCUT2D eigenvalue weighted by molar-refractivity contribution is 5.88. The molecule has 0 aromatic rings. The van der Waals surface area contributed by atoms with Crippen molar-refractivity contribution >= 4 is 11.9 Å². The van der Waals surface area contributed by atoms with Gasteiger partial charge in [0.25, 0.3) is 0 Å². The van der Waals surface area contributed by atoms with E-state index in [4.69, 9.17) is 5.73 Å². The molecule has 4 N–H and O–H groups in total. The molecule has 0 saturated heterocycles. The number of nitrogens with one attached hydrogen (secondary N) is 1. The Labute approximate surface area is 113 Å². The molecular formula is C14H24N2O3. The Kier molecular flexibility index (Phi) is 4.45. The molecule has 2 atom stereocenters. The summed E-state index contributed by atoms with van der Waals surface area (Å²) >= 11 is 0. The maximum atomic E-state index is 12.4. The Hall–Kier alpha value is -1.10. The third-order valence-electron chi connectivity index (χ3n) is 4.78. The highest BCUT2D eigenvalue weighted by atomic mass is 16.4. The molecule has 1 amide bonds. The molecule has 0 spiro atoms. The molecule has 5 heteroatoms. The van der Waals surface area contributed by atoms with Gasteiger partial charge in [-0.25, -0.2) is 4.79 Å². The van der Waals surface area contributed by atoms with Crippen molar-refractivity contribution < 1.29 is 14.7 Å². The molecule has 2 aliphatic rings. The monoisotopic (exact) mass is 268 g/mol. The van der Waals surface area contributed by atoms with Gasteiger partial charge in [-0.15, -0.1) is 0 Å². The number of nitrogens with two attached hydrogens (primary N) is 1. The summed E-state index contributed by atoms with van der Waals surface area (Å²) in [5.74, 6) is -0.880. The van der Waals surface area contributed by atoms with E-state index in [-0.39, 0.29) is 17.7 Å². The summed E-state index contributed by atoms with van der Waals surface area (Å²) < 4.78 is 0. The zero-order valence-electron chi connectivity index (χ0n) is 11.4. The number of aliphatic carboxylic acids is 1. The van der Waals surface area contributed by atoms with Crippen molar-refractivity contribution in [2.24, 2.45) is 17.6 Å². The van der Waals surface area contributed by atoms with Gasteiger partial charge in [-0.1, -0.05) is 25.7 Å². The summed E-state index contributed by atoms with van der Waals surface area (Å²) in [6.45, 7) is 0.512. The van der Waals surface area contributed by atoms with Gasteiger partial charge in [0.15, 0.2) is 0 Å². The smallest absolute Gasteiger partial charge is 0.329 e. The first kappa shape index (κ1) is 14.3. The van der Waals surface area contributed by atoms with E-state index >= 15 is 0 Å². The second-order valence-electron chi connectivity index (χ2n) is 5.97. The van der Waals surface area contributed by atoms with Crippen LogP contribution in [0.2, 0.25) is 0 Å². The first-order valence-corrected chi connectivity index (χ1v) is 7.34. The average Bonchev–Trinajstić information content (AvgIpc) is 2.88. The van der Waals surface area contributed by atoms with Crippen molar-refractivity contribution in [2.75, 3.05) is 6.54 Å². The lowest BCUT2D eigenvalue weighted by Gasteiger charge is -2.33. The summed E-state index contributed by atoms with van der Waals surface area (Å²) in [5.41, 5.74) is 4.72. The second-order valence-corrected chi connectivity index (χ2v) is 5.97. The van der Waals surface area contributed by atoms with Gasteiger partial charge in [-0.05, 0) is 38.1 Å². The van der Waals surface area contributed by atoms with Crippen LogP contribution in [0.25, 0.3) is 0 Å². The first-order chi connectivity index (χ1) is 9.09. The SMILES string of the molecule is NCC1CCCCC1C(=O)NC1(C(=O)O)CCCC1. The number of carboxylic acid groups (broad SMARTS) is 1.